The molecule has 0 spiro atoms. The van der Waals surface area contributed by atoms with E-state index in [0.29, 0.717) is 29.8 Å². The fourth-order valence-corrected chi connectivity index (χ4v) is 3.56. The summed E-state index contributed by atoms with van der Waals surface area (Å²) in [5.74, 6) is -3.17. The first-order valence-electron chi connectivity index (χ1n) is 12.8. The van der Waals surface area contributed by atoms with E-state index in [0.717, 1.165) is 17.7 Å². The second-order valence-electron chi connectivity index (χ2n) is 8.84. The molecule has 0 saturated carbocycles. The first-order valence-corrected chi connectivity index (χ1v) is 12.8. The highest BCUT2D eigenvalue weighted by atomic mass is 16.7. The fourth-order valence-electron chi connectivity index (χ4n) is 3.56. The van der Waals surface area contributed by atoms with Gasteiger partial charge in [-0.05, 0) is 49.9 Å². The molecule has 216 valence electrons. The SMILES string of the molecule is CCCNC(=O)c1ccc(C)c(N(C(=N)c2[nH]cc(C(=O)NCCC)c2C)C(=O)OCOC(=O)CCC(=O)O)c1. The molecule has 1 aromatic heterocycles. The molecule has 2 aromatic rings. The molecule has 0 saturated heterocycles. The summed E-state index contributed by atoms with van der Waals surface area (Å²) in [6, 6.07) is 4.63. The lowest BCUT2D eigenvalue weighted by Gasteiger charge is -2.25. The summed E-state index contributed by atoms with van der Waals surface area (Å²) in [6.45, 7) is 7.20. The predicted molar refractivity (Wildman–Crippen MR) is 146 cm³/mol. The molecule has 0 unspecified atom stereocenters. The van der Waals surface area contributed by atoms with Crippen LogP contribution in [0.4, 0.5) is 10.5 Å². The molecule has 1 heterocycles. The minimum absolute atomic E-state index is 0.150. The summed E-state index contributed by atoms with van der Waals surface area (Å²) in [6.07, 6.45) is 0.926. The molecule has 0 radical (unpaired) electrons. The van der Waals surface area contributed by atoms with E-state index in [1.165, 1.54) is 12.3 Å². The number of aryl methyl sites for hydroxylation is 1. The number of carbonyl (C=O) groups is 5. The summed E-state index contributed by atoms with van der Waals surface area (Å²) in [7, 11) is 0. The lowest BCUT2D eigenvalue weighted by Crippen LogP contribution is -2.39. The van der Waals surface area contributed by atoms with Gasteiger partial charge < -0.3 is 30.2 Å². The largest absolute Gasteiger partial charge is 0.481 e. The number of carboxylic acid groups (broad SMARTS) is 1. The summed E-state index contributed by atoms with van der Waals surface area (Å²) in [5.41, 5.74) is 1.77. The molecule has 0 aliphatic rings. The van der Waals surface area contributed by atoms with Gasteiger partial charge in [-0.2, -0.15) is 0 Å². The van der Waals surface area contributed by atoms with Crippen LogP contribution in [0.1, 0.15) is 77.1 Å². The Kier molecular flexibility index (Phi) is 11.9. The number of hydrogen-bond donors (Lipinski definition) is 5. The Balaban J connectivity index is 2.42. The molecule has 0 aliphatic carbocycles. The second kappa shape index (κ2) is 15.0. The van der Waals surface area contributed by atoms with Crippen molar-refractivity contribution in [2.45, 2.75) is 53.4 Å². The average molecular weight is 558 g/mol. The van der Waals surface area contributed by atoms with Gasteiger partial charge in [0.05, 0.1) is 29.8 Å². The number of aromatic amines is 1. The number of H-pyrrole nitrogens is 1. The van der Waals surface area contributed by atoms with E-state index >= 15 is 0 Å². The number of nitrogens with one attached hydrogen (secondary N) is 4. The lowest BCUT2D eigenvalue weighted by molar-refractivity contribution is -0.154. The number of aliphatic carboxylic acids is 1. The van der Waals surface area contributed by atoms with E-state index in [1.54, 1.807) is 26.0 Å². The number of carbonyl (C=O) groups excluding carboxylic acids is 4. The van der Waals surface area contributed by atoms with Crippen LogP contribution in [-0.2, 0) is 19.1 Å². The van der Waals surface area contributed by atoms with Crippen molar-refractivity contribution < 1.29 is 38.6 Å². The molecular weight excluding hydrogens is 522 g/mol. The van der Waals surface area contributed by atoms with Gasteiger partial charge in [0.1, 0.15) is 0 Å². The van der Waals surface area contributed by atoms with Crippen LogP contribution in [0.25, 0.3) is 0 Å². The fraction of sp³-hybridized carbons (Fsp3) is 0.407. The smallest absolute Gasteiger partial charge is 0.423 e. The third-order valence-electron chi connectivity index (χ3n) is 5.76. The second-order valence-corrected chi connectivity index (χ2v) is 8.84. The van der Waals surface area contributed by atoms with E-state index in [-0.39, 0.29) is 34.6 Å². The van der Waals surface area contributed by atoms with E-state index in [4.69, 9.17) is 20.0 Å². The van der Waals surface area contributed by atoms with Gasteiger partial charge >= 0.3 is 18.0 Å². The first kappa shape index (κ1) is 31.5. The molecule has 0 atom stereocenters. The third-order valence-corrected chi connectivity index (χ3v) is 5.76. The van der Waals surface area contributed by atoms with Crippen molar-refractivity contribution in [3.05, 3.63) is 52.3 Å². The molecule has 40 heavy (non-hydrogen) atoms. The number of amides is 3. The maximum atomic E-state index is 13.3. The monoisotopic (exact) mass is 557 g/mol. The molecule has 0 fully saturated rings. The van der Waals surface area contributed by atoms with E-state index in [9.17, 15) is 24.0 Å². The number of carboxylic acids is 1. The molecule has 0 aliphatic heterocycles. The highest BCUT2D eigenvalue weighted by Crippen LogP contribution is 2.26. The van der Waals surface area contributed by atoms with Crippen molar-refractivity contribution in [3.8, 4) is 0 Å². The van der Waals surface area contributed by atoms with Crippen LogP contribution in [-0.4, -0.2) is 65.7 Å². The van der Waals surface area contributed by atoms with Gasteiger partial charge in [0, 0.05) is 24.8 Å². The quantitative estimate of drug-likeness (QED) is 0.107. The maximum Gasteiger partial charge on any atom is 0.423 e. The highest BCUT2D eigenvalue weighted by Gasteiger charge is 2.29. The van der Waals surface area contributed by atoms with Crippen molar-refractivity contribution in [3.63, 3.8) is 0 Å². The predicted octanol–water partition coefficient (Wildman–Crippen LogP) is 3.25. The zero-order valence-electron chi connectivity index (χ0n) is 23.0. The standard InChI is InChI=1S/C27H35N5O8/c1-5-11-29-25(36)18-8-7-16(3)20(13-18)32(27(38)40-15-39-22(35)10-9-21(33)34)24(28)23-17(4)19(14-31-23)26(37)30-12-6-2/h7-8,13-14,28,31H,5-6,9-12,15H2,1-4H3,(H,29,36)(H,30,37)(H,33,34). The number of aromatic nitrogens is 1. The number of benzene rings is 1. The van der Waals surface area contributed by atoms with Crippen molar-refractivity contribution in [2.75, 3.05) is 24.8 Å². The highest BCUT2D eigenvalue weighted by molar-refractivity contribution is 6.21. The number of amidine groups is 1. The van der Waals surface area contributed by atoms with E-state index in [2.05, 4.69) is 15.6 Å². The van der Waals surface area contributed by atoms with Crippen molar-refractivity contribution in [1.82, 2.24) is 15.6 Å². The van der Waals surface area contributed by atoms with E-state index < -0.39 is 37.7 Å². The van der Waals surface area contributed by atoms with Gasteiger partial charge in [0.25, 0.3) is 11.8 Å². The number of hydrogen-bond acceptors (Lipinski definition) is 8. The Morgan fingerprint density at radius 2 is 1.62 bits per heavy atom. The Hall–Kier alpha value is -4.68. The molecule has 13 heteroatoms. The zero-order valence-corrected chi connectivity index (χ0v) is 23.0. The Morgan fingerprint density at radius 3 is 2.25 bits per heavy atom. The third kappa shape index (κ3) is 8.41. The van der Waals surface area contributed by atoms with Gasteiger partial charge in [0.2, 0.25) is 6.79 Å². The van der Waals surface area contributed by atoms with Gasteiger partial charge in [-0.15, -0.1) is 0 Å². The number of ether oxygens (including phenoxy) is 2. The van der Waals surface area contributed by atoms with Crippen LogP contribution in [0, 0.1) is 19.3 Å². The van der Waals surface area contributed by atoms with Gasteiger partial charge in [-0.3, -0.25) is 24.6 Å². The molecule has 5 N–H and O–H groups in total. The lowest BCUT2D eigenvalue weighted by atomic mass is 10.1. The molecular formula is C27H35N5O8. The van der Waals surface area contributed by atoms with Crippen molar-refractivity contribution >= 4 is 41.4 Å². The topological polar surface area (TPSA) is 191 Å². The zero-order chi connectivity index (χ0) is 29.8. The van der Waals surface area contributed by atoms with Crippen molar-refractivity contribution in [2.24, 2.45) is 0 Å². The maximum absolute atomic E-state index is 13.3. The van der Waals surface area contributed by atoms with Crippen LogP contribution in [0.2, 0.25) is 0 Å². The van der Waals surface area contributed by atoms with Crippen LogP contribution in [0.3, 0.4) is 0 Å². The van der Waals surface area contributed by atoms with E-state index in [1.807, 2.05) is 13.8 Å². The Morgan fingerprint density at radius 1 is 0.975 bits per heavy atom. The van der Waals surface area contributed by atoms with Crippen LogP contribution in [0.15, 0.2) is 24.4 Å². The van der Waals surface area contributed by atoms with Gasteiger partial charge in [0.15, 0.2) is 5.84 Å². The van der Waals surface area contributed by atoms with Gasteiger partial charge in [-0.1, -0.05) is 19.9 Å². The number of esters is 1. The number of rotatable bonds is 13. The minimum atomic E-state index is -1.18. The summed E-state index contributed by atoms with van der Waals surface area (Å²) in [5, 5.41) is 23.1. The van der Waals surface area contributed by atoms with Gasteiger partial charge in [-0.25, -0.2) is 9.69 Å². The summed E-state index contributed by atoms with van der Waals surface area (Å²) >= 11 is 0. The molecule has 13 nitrogen and oxygen atoms in total. The molecule has 0 bridgehead atoms. The number of nitrogens with zero attached hydrogens (tertiary/aromatic N) is 1. The molecule has 2 rings (SSSR count). The molecule has 1 aromatic carbocycles. The summed E-state index contributed by atoms with van der Waals surface area (Å²) < 4.78 is 9.91. The van der Waals surface area contributed by atoms with Crippen molar-refractivity contribution in [1.29, 1.82) is 5.41 Å². The minimum Gasteiger partial charge on any atom is -0.481 e. The molecule has 3 amide bonds. The summed E-state index contributed by atoms with van der Waals surface area (Å²) in [4.78, 5) is 64.6. The normalized spacial score (nSPS) is 10.4. The van der Waals surface area contributed by atoms with Crippen LogP contribution < -0.4 is 15.5 Å². The first-order chi connectivity index (χ1) is 19.0. The van der Waals surface area contributed by atoms with Crippen LogP contribution >= 0.6 is 0 Å². The average Bonchev–Trinajstić information content (AvgIpc) is 3.31. The Bertz CT molecular complexity index is 1270. The van der Waals surface area contributed by atoms with Crippen LogP contribution in [0.5, 0.6) is 0 Å². The Labute approximate surface area is 231 Å². The number of anilines is 1.